The average Bonchev–Trinajstić information content (AvgIpc) is 2.36. The standard InChI is InChI=1S/C15H22N2O3/c1-15(2,16)9-7-13(18)17-10-8-11-3-5-12(6-4-11)14(19)20/h3-6H,7-10,16H2,1-2H3,(H,17,18)(H,19,20). The maximum atomic E-state index is 11.6. The molecule has 0 spiro atoms. The molecule has 1 aromatic carbocycles. The lowest BCUT2D eigenvalue weighted by atomic mass is 10.00. The largest absolute Gasteiger partial charge is 0.478 e. The minimum absolute atomic E-state index is 0.00863. The molecule has 0 aliphatic heterocycles. The normalized spacial score (nSPS) is 11.2. The van der Waals surface area contributed by atoms with Gasteiger partial charge < -0.3 is 16.2 Å². The molecular weight excluding hydrogens is 256 g/mol. The van der Waals surface area contributed by atoms with Crippen molar-refractivity contribution >= 4 is 11.9 Å². The number of amides is 1. The molecular formula is C15H22N2O3. The van der Waals surface area contributed by atoms with Crippen LogP contribution in [0.4, 0.5) is 0 Å². The fraction of sp³-hybridized carbons (Fsp3) is 0.467. The summed E-state index contributed by atoms with van der Waals surface area (Å²) < 4.78 is 0. The molecule has 110 valence electrons. The van der Waals surface area contributed by atoms with Crippen LogP contribution in [0.3, 0.4) is 0 Å². The summed E-state index contributed by atoms with van der Waals surface area (Å²) in [4.78, 5) is 22.3. The number of hydrogen-bond donors (Lipinski definition) is 3. The molecule has 1 amide bonds. The number of nitrogens with one attached hydrogen (secondary N) is 1. The fourth-order valence-corrected chi connectivity index (χ4v) is 1.68. The molecule has 1 aromatic rings. The highest BCUT2D eigenvalue weighted by molar-refractivity contribution is 5.87. The van der Waals surface area contributed by atoms with Crippen LogP contribution in [0.1, 0.15) is 42.6 Å². The van der Waals surface area contributed by atoms with Crippen molar-refractivity contribution in [3.8, 4) is 0 Å². The Morgan fingerprint density at radius 3 is 2.35 bits per heavy atom. The number of hydrogen-bond acceptors (Lipinski definition) is 3. The van der Waals surface area contributed by atoms with Crippen LogP contribution in [-0.4, -0.2) is 29.1 Å². The lowest BCUT2D eigenvalue weighted by Gasteiger charge is -2.17. The van der Waals surface area contributed by atoms with Crippen LogP contribution in [0.2, 0.25) is 0 Å². The van der Waals surface area contributed by atoms with Crippen molar-refractivity contribution in [3.05, 3.63) is 35.4 Å². The van der Waals surface area contributed by atoms with E-state index in [0.29, 0.717) is 25.8 Å². The highest BCUT2D eigenvalue weighted by Gasteiger charge is 2.12. The van der Waals surface area contributed by atoms with Gasteiger partial charge >= 0.3 is 5.97 Å². The summed E-state index contributed by atoms with van der Waals surface area (Å²) in [7, 11) is 0. The van der Waals surface area contributed by atoms with E-state index >= 15 is 0 Å². The summed E-state index contributed by atoms with van der Waals surface area (Å²) in [6.45, 7) is 4.32. The van der Waals surface area contributed by atoms with Crippen molar-refractivity contribution in [3.63, 3.8) is 0 Å². The molecule has 0 aliphatic rings. The molecule has 0 aliphatic carbocycles. The van der Waals surface area contributed by atoms with Crippen LogP contribution < -0.4 is 11.1 Å². The first-order valence-electron chi connectivity index (χ1n) is 6.66. The highest BCUT2D eigenvalue weighted by Crippen LogP contribution is 2.07. The molecule has 0 heterocycles. The van der Waals surface area contributed by atoms with E-state index in [1.807, 2.05) is 13.8 Å². The fourth-order valence-electron chi connectivity index (χ4n) is 1.68. The zero-order valence-corrected chi connectivity index (χ0v) is 12.0. The molecule has 1 rings (SSSR count). The molecule has 0 fully saturated rings. The number of carboxylic acid groups (broad SMARTS) is 1. The monoisotopic (exact) mass is 278 g/mol. The summed E-state index contributed by atoms with van der Waals surface area (Å²) in [5, 5.41) is 11.6. The Bertz CT molecular complexity index is 461. The first-order chi connectivity index (χ1) is 9.28. The van der Waals surface area contributed by atoms with E-state index in [1.54, 1.807) is 24.3 Å². The van der Waals surface area contributed by atoms with E-state index in [0.717, 1.165) is 5.56 Å². The zero-order chi connectivity index (χ0) is 15.2. The minimum Gasteiger partial charge on any atom is -0.478 e. The number of benzene rings is 1. The molecule has 0 radical (unpaired) electrons. The molecule has 0 atom stereocenters. The van der Waals surface area contributed by atoms with E-state index in [2.05, 4.69) is 5.32 Å². The van der Waals surface area contributed by atoms with Crippen LogP contribution in [0.5, 0.6) is 0 Å². The van der Waals surface area contributed by atoms with Crippen molar-refractivity contribution in [2.24, 2.45) is 5.73 Å². The van der Waals surface area contributed by atoms with Crippen molar-refractivity contribution in [1.82, 2.24) is 5.32 Å². The summed E-state index contributed by atoms with van der Waals surface area (Å²) in [6, 6.07) is 6.66. The SMILES string of the molecule is CC(C)(N)CCC(=O)NCCc1ccc(C(=O)O)cc1. The van der Waals surface area contributed by atoms with Crippen molar-refractivity contribution in [2.75, 3.05) is 6.54 Å². The van der Waals surface area contributed by atoms with Gasteiger partial charge in [0.25, 0.3) is 0 Å². The third kappa shape index (κ3) is 6.33. The van der Waals surface area contributed by atoms with E-state index < -0.39 is 5.97 Å². The number of aromatic carboxylic acids is 1. The summed E-state index contributed by atoms with van der Waals surface area (Å²) in [6.07, 6.45) is 1.74. The Morgan fingerprint density at radius 1 is 1.25 bits per heavy atom. The molecule has 0 bridgehead atoms. The Kier molecular flexibility index (Phi) is 5.70. The van der Waals surface area contributed by atoms with Crippen LogP contribution >= 0.6 is 0 Å². The first kappa shape index (κ1) is 16.2. The van der Waals surface area contributed by atoms with Gasteiger partial charge in [-0.15, -0.1) is 0 Å². The molecule has 0 unspecified atom stereocenters. The Morgan fingerprint density at radius 2 is 1.85 bits per heavy atom. The van der Waals surface area contributed by atoms with E-state index in [9.17, 15) is 9.59 Å². The minimum atomic E-state index is -0.936. The van der Waals surface area contributed by atoms with E-state index in [4.69, 9.17) is 10.8 Å². The molecule has 4 N–H and O–H groups in total. The predicted molar refractivity (Wildman–Crippen MR) is 77.6 cm³/mol. The first-order valence-corrected chi connectivity index (χ1v) is 6.66. The third-order valence-corrected chi connectivity index (χ3v) is 2.93. The number of carboxylic acids is 1. The highest BCUT2D eigenvalue weighted by atomic mass is 16.4. The number of carbonyl (C=O) groups excluding carboxylic acids is 1. The Hall–Kier alpha value is -1.88. The zero-order valence-electron chi connectivity index (χ0n) is 12.0. The average molecular weight is 278 g/mol. The topological polar surface area (TPSA) is 92.4 Å². The number of carbonyl (C=O) groups is 2. The van der Waals surface area contributed by atoms with Crippen LogP contribution in [0.15, 0.2) is 24.3 Å². The van der Waals surface area contributed by atoms with Crippen molar-refractivity contribution in [2.45, 2.75) is 38.6 Å². The summed E-state index contributed by atoms with van der Waals surface area (Å²) in [5.74, 6) is -0.945. The van der Waals surface area contributed by atoms with Gasteiger partial charge in [-0.05, 0) is 44.4 Å². The second-order valence-corrected chi connectivity index (χ2v) is 5.59. The van der Waals surface area contributed by atoms with Gasteiger partial charge in [0, 0.05) is 18.5 Å². The van der Waals surface area contributed by atoms with Gasteiger partial charge in [-0.25, -0.2) is 4.79 Å². The Balaban J connectivity index is 2.30. The maximum Gasteiger partial charge on any atom is 0.335 e. The van der Waals surface area contributed by atoms with E-state index in [-0.39, 0.29) is 17.0 Å². The van der Waals surface area contributed by atoms with Gasteiger partial charge in [-0.3, -0.25) is 4.79 Å². The van der Waals surface area contributed by atoms with Crippen LogP contribution in [-0.2, 0) is 11.2 Å². The van der Waals surface area contributed by atoms with E-state index in [1.165, 1.54) is 0 Å². The van der Waals surface area contributed by atoms with Gasteiger partial charge in [0.2, 0.25) is 5.91 Å². The third-order valence-electron chi connectivity index (χ3n) is 2.93. The van der Waals surface area contributed by atoms with Gasteiger partial charge in [0.05, 0.1) is 5.56 Å². The maximum absolute atomic E-state index is 11.6. The number of rotatable bonds is 7. The van der Waals surface area contributed by atoms with Gasteiger partial charge in [0.15, 0.2) is 0 Å². The molecule has 5 heteroatoms. The van der Waals surface area contributed by atoms with Gasteiger partial charge in [0.1, 0.15) is 0 Å². The van der Waals surface area contributed by atoms with Gasteiger partial charge in [-0.2, -0.15) is 0 Å². The van der Waals surface area contributed by atoms with Gasteiger partial charge in [-0.1, -0.05) is 12.1 Å². The molecule has 0 saturated heterocycles. The lowest BCUT2D eigenvalue weighted by molar-refractivity contribution is -0.121. The number of nitrogens with two attached hydrogens (primary N) is 1. The lowest BCUT2D eigenvalue weighted by Crippen LogP contribution is -2.34. The molecule has 5 nitrogen and oxygen atoms in total. The van der Waals surface area contributed by atoms with Crippen molar-refractivity contribution in [1.29, 1.82) is 0 Å². The van der Waals surface area contributed by atoms with Crippen molar-refractivity contribution < 1.29 is 14.7 Å². The molecule has 0 aromatic heterocycles. The van der Waals surface area contributed by atoms with Crippen LogP contribution in [0, 0.1) is 0 Å². The smallest absolute Gasteiger partial charge is 0.335 e. The molecule has 20 heavy (non-hydrogen) atoms. The molecule has 0 saturated carbocycles. The van der Waals surface area contributed by atoms with Crippen LogP contribution in [0.25, 0.3) is 0 Å². The second-order valence-electron chi connectivity index (χ2n) is 5.59. The Labute approximate surface area is 119 Å². The predicted octanol–water partition coefficient (Wildman–Crippen LogP) is 1.56. The summed E-state index contributed by atoms with van der Waals surface area (Å²) >= 11 is 0. The second kappa shape index (κ2) is 7.05. The quantitative estimate of drug-likeness (QED) is 0.705. The summed E-state index contributed by atoms with van der Waals surface area (Å²) in [5.41, 5.74) is 6.75.